The summed E-state index contributed by atoms with van der Waals surface area (Å²) < 4.78 is 36.2. The molecule has 1 aromatic rings. The van der Waals surface area contributed by atoms with Crippen molar-refractivity contribution in [2.24, 2.45) is 5.92 Å². The van der Waals surface area contributed by atoms with Gasteiger partial charge in [0.05, 0.1) is 4.90 Å². The number of rotatable bonds is 3. The Bertz CT molecular complexity index is 478. The maximum absolute atomic E-state index is 13.1. The summed E-state index contributed by atoms with van der Waals surface area (Å²) in [6, 6.07) is 3.98. The van der Waals surface area contributed by atoms with Crippen LogP contribution in [0.25, 0.3) is 0 Å². The zero-order valence-electron chi connectivity index (χ0n) is 9.99. The van der Waals surface area contributed by atoms with Crippen LogP contribution in [-0.4, -0.2) is 14.7 Å². The quantitative estimate of drug-likeness (QED) is 0.819. The molecule has 0 saturated heterocycles. The Balaban J connectivity index is 3.40. The second kappa shape index (κ2) is 4.53. The third-order valence-corrected chi connectivity index (χ3v) is 4.02. The molecule has 1 aromatic carbocycles. The standard InChI is InChI=1S/C12H17FO2S/c1-8(2)9(3)11-6-5-10(13)7-12(11)16(4,14)15/h5-9H,1-4H3. The van der Waals surface area contributed by atoms with Crippen LogP contribution in [-0.2, 0) is 9.84 Å². The van der Waals surface area contributed by atoms with Crippen LogP contribution in [0.1, 0.15) is 32.3 Å². The van der Waals surface area contributed by atoms with E-state index in [2.05, 4.69) is 0 Å². The van der Waals surface area contributed by atoms with Gasteiger partial charge in [-0.3, -0.25) is 0 Å². The van der Waals surface area contributed by atoms with Gasteiger partial charge >= 0.3 is 0 Å². The molecule has 0 aromatic heterocycles. The minimum atomic E-state index is -3.37. The molecule has 90 valence electrons. The predicted molar refractivity (Wildman–Crippen MR) is 62.8 cm³/mol. The molecule has 0 bridgehead atoms. The molecular weight excluding hydrogens is 227 g/mol. The predicted octanol–water partition coefficient (Wildman–Crippen LogP) is 2.99. The minimum absolute atomic E-state index is 0.0883. The van der Waals surface area contributed by atoms with Crippen molar-refractivity contribution in [1.29, 1.82) is 0 Å². The molecule has 1 unspecified atom stereocenters. The lowest BCUT2D eigenvalue weighted by Gasteiger charge is -2.18. The molecular formula is C12H17FO2S. The number of hydrogen-bond donors (Lipinski definition) is 0. The molecule has 0 aliphatic carbocycles. The van der Waals surface area contributed by atoms with Crippen LogP contribution in [0.2, 0.25) is 0 Å². The molecule has 2 nitrogen and oxygen atoms in total. The van der Waals surface area contributed by atoms with Crippen LogP contribution >= 0.6 is 0 Å². The van der Waals surface area contributed by atoms with Gasteiger partial charge in [0.25, 0.3) is 0 Å². The van der Waals surface area contributed by atoms with Crippen molar-refractivity contribution < 1.29 is 12.8 Å². The highest BCUT2D eigenvalue weighted by Gasteiger charge is 2.20. The summed E-state index contributed by atoms with van der Waals surface area (Å²) >= 11 is 0. The Morgan fingerprint density at radius 3 is 2.19 bits per heavy atom. The first-order chi connectivity index (χ1) is 7.23. The molecule has 4 heteroatoms. The molecule has 0 amide bonds. The molecule has 16 heavy (non-hydrogen) atoms. The largest absolute Gasteiger partial charge is 0.224 e. The van der Waals surface area contributed by atoms with E-state index in [0.717, 1.165) is 12.3 Å². The van der Waals surface area contributed by atoms with Gasteiger partial charge in [0.2, 0.25) is 0 Å². The molecule has 0 heterocycles. The van der Waals surface area contributed by atoms with Gasteiger partial charge in [0.15, 0.2) is 9.84 Å². The molecule has 0 saturated carbocycles. The van der Waals surface area contributed by atoms with E-state index in [9.17, 15) is 12.8 Å². The van der Waals surface area contributed by atoms with Crippen molar-refractivity contribution in [3.8, 4) is 0 Å². The van der Waals surface area contributed by atoms with E-state index < -0.39 is 15.7 Å². The third-order valence-electron chi connectivity index (χ3n) is 2.87. The van der Waals surface area contributed by atoms with Gasteiger partial charge in [-0.2, -0.15) is 0 Å². The fourth-order valence-electron chi connectivity index (χ4n) is 1.56. The molecule has 0 aliphatic heterocycles. The first-order valence-corrected chi connectivity index (χ1v) is 7.12. The Morgan fingerprint density at radius 2 is 1.75 bits per heavy atom. The maximum atomic E-state index is 13.1. The van der Waals surface area contributed by atoms with Crippen LogP contribution in [0, 0.1) is 11.7 Å². The second-order valence-corrected chi connectivity index (χ2v) is 6.47. The van der Waals surface area contributed by atoms with Crippen LogP contribution in [0.5, 0.6) is 0 Å². The van der Waals surface area contributed by atoms with Crippen molar-refractivity contribution in [2.75, 3.05) is 6.26 Å². The summed E-state index contributed by atoms with van der Waals surface area (Å²) in [4.78, 5) is 0.105. The van der Waals surface area contributed by atoms with Crippen LogP contribution < -0.4 is 0 Å². The summed E-state index contributed by atoms with van der Waals surface area (Å²) in [5.41, 5.74) is 0.693. The normalized spacial score (nSPS) is 14.1. The lowest BCUT2D eigenvalue weighted by molar-refractivity contribution is 0.521. The van der Waals surface area contributed by atoms with Crippen LogP contribution in [0.4, 0.5) is 4.39 Å². The van der Waals surface area contributed by atoms with Crippen LogP contribution in [0.15, 0.2) is 23.1 Å². The summed E-state index contributed by atoms with van der Waals surface area (Å²) in [6.45, 7) is 5.98. The highest BCUT2D eigenvalue weighted by Crippen LogP contribution is 2.29. The van der Waals surface area contributed by atoms with E-state index in [1.807, 2.05) is 20.8 Å². The molecule has 1 rings (SSSR count). The Kier molecular flexibility index (Phi) is 3.73. The zero-order chi connectivity index (χ0) is 12.5. The summed E-state index contributed by atoms with van der Waals surface area (Å²) in [5, 5.41) is 0. The van der Waals surface area contributed by atoms with Gasteiger partial charge in [-0.25, -0.2) is 12.8 Å². The maximum Gasteiger partial charge on any atom is 0.175 e. The molecule has 0 radical (unpaired) electrons. The van der Waals surface area contributed by atoms with Crippen molar-refractivity contribution in [3.63, 3.8) is 0 Å². The minimum Gasteiger partial charge on any atom is -0.224 e. The highest BCUT2D eigenvalue weighted by molar-refractivity contribution is 7.90. The summed E-state index contributed by atoms with van der Waals surface area (Å²) in [6.07, 6.45) is 1.11. The number of halogens is 1. The fourth-order valence-corrected chi connectivity index (χ4v) is 2.57. The third kappa shape index (κ3) is 2.82. The first kappa shape index (κ1) is 13.2. The van der Waals surface area contributed by atoms with E-state index >= 15 is 0 Å². The smallest absolute Gasteiger partial charge is 0.175 e. The van der Waals surface area contributed by atoms with Crippen molar-refractivity contribution in [3.05, 3.63) is 29.6 Å². The lowest BCUT2D eigenvalue weighted by Crippen LogP contribution is -2.09. The van der Waals surface area contributed by atoms with Gasteiger partial charge in [-0.1, -0.05) is 26.8 Å². The Labute approximate surface area is 96.4 Å². The van der Waals surface area contributed by atoms with Crippen molar-refractivity contribution >= 4 is 9.84 Å². The average molecular weight is 244 g/mol. The van der Waals surface area contributed by atoms with E-state index in [1.165, 1.54) is 6.07 Å². The van der Waals surface area contributed by atoms with Crippen molar-refractivity contribution in [1.82, 2.24) is 0 Å². The monoisotopic (exact) mass is 244 g/mol. The fraction of sp³-hybridized carbons (Fsp3) is 0.500. The Hall–Kier alpha value is -0.900. The van der Waals surface area contributed by atoms with Gasteiger partial charge < -0.3 is 0 Å². The number of sulfone groups is 1. The number of hydrogen-bond acceptors (Lipinski definition) is 2. The van der Waals surface area contributed by atoms with E-state index in [4.69, 9.17) is 0 Å². The van der Waals surface area contributed by atoms with Gasteiger partial charge in [0, 0.05) is 6.26 Å². The topological polar surface area (TPSA) is 34.1 Å². The summed E-state index contributed by atoms with van der Waals surface area (Å²) in [7, 11) is -3.37. The Morgan fingerprint density at radius 1 is 1.19 bits per heavy atom. The van der Waals surface area contributed by atoms with Gasteiger partial charge in [-0.05, 0) is 29.5 Å². The zero-order valence-corrected chi connectivity index (χ0v) is 10.8. The van der Waals surface area contributed by atoms with E-state index in [1.54, 1.807) is 6.07 Å². The molecule has 0 aliphatic rings. The first-order valence-electron chi connectivity index (χ1n) is 5.23. The van der Waals surface area contributed by atoms with Crippen molar-refractivity contribution in [2.45, 2.75) is 31.6 Å². The van der Waals surface area contributed by atoms with Gasteiger partial charge in [-0.15, -0.1) is 0 Å². The van der Waals surface area contributed by atoms with E-state index in [0.29, 0.717) is 11.5 Å². The van der Waals surface area contributed by atoms with Crippen LogP contribution in [0.3, 0.4) is 0 Å². The molecule has 0 spiro atoms. The van der Waals surface area contributed by atoms with Gasteiger partial charge in [0.1, 0.15) is 5.82 Å². The second-order valence-electron chi connectivity index (χ2n) is 4.49. The molecule has 1 atom stereocenters. The van der Waals surface area contributed by atoms with E-state index in [-0.39, 0.29) is 10.8 Å². The molecule has 0 fully saturated rings. The molecule has 0 N–H and O–H groups in total. The lowest BCUT2D eigenvalue weighted by atomic mass is 9.90. The average Bonchev–Trinajstić information content (AvgIpc) is 2.15. The SMILES string of the molecule is CC(C)C(C)c1ccc(F)cc1S(C)(=O)=O. The number of benzene rings is 1. The highest BCUT2D eigenvalue weighted by atomic mass is 32.2. The summed E-state index contributed by atoms with van der Waals surface area (Å²) in [5.74, 6) is -0.114.